The molecule has 1 fully saturated rings. The normalized spacial score (nSPS) is 14.8. The standard InChI is InChI=1S/C24H19Cl3FNO2S/c25-17-4-1-15(2-5-17)23(19-7-6-18(26)14-20(19)27)31-22-8-3-16(13-21(22)28)24(30)29-9-11-32-12-10-29/h1-8,13-14,23H,9-12H2. The molecule has 1 amide bonds. The molecular weight excluding hydrogens is 492 g/mol. The van der Waals surface area contributed by atoms with Crippen molar-refractivity contribution in [2.75, 3.05) is 24.6 Å². The van der Waals surface area contributed by atoms with Crippen molar-refractivity contribution in [3.05, 3.63) is 98.2 Å². The lowest BCUT2D eigenvalue weighted by Gasteiger charge is -2.26. The van der Waals surface area contributed by atoms with Crippen molar-refractivity contribution in [2.45, 2.75) is 6.10 Å². The maximum absolute atomic E-state index is 15.0. The number of ether oxygens (including phenoxy) is 1. The van der Waals surface area contributed by atoms with E-state index in [4.69, 9.17) is 39.5 Å². The van der Waals surface area contributed by atoms with E-state index in [1.807, 2.05) is 11.8 Å². The second kappa shape index (κ2) is 10.3. The van der Waals surface area contributed by atoms with Crippen molar-refractivity contribution in [1.82, 2.24) is 4.90 Å². The van der Waals surface area contributed by atoms with Crippen LogP contribution in [0.4, 0.5) is 4.39 Å². The molecule has 1 heterocycles. The van der Waals surface area contributed by atoms with Crippen LogP contribution in [0.15, 0.2) is 60.7 Å². The van der Waals surface area contributed by atoms with E-state index in [1.54, 1.807) is 53.4 Å². The van der Waals surface area contributed by atoms with Crippen molar-refractivity contribution >= 4 is 52.5 Å². The zero-order chi connectivity index (χ0) is 22.7. The highest BCUT2D eigenvalue weighted by Gasteiger charge is 2.23. The van der Waals surface area contributed by atoms with Gasteiger partial charge >= 0.3 is 0 Å². The lowest BCUT2D eigenvalue weighted by Crippen LogP contribution is -2.37. The summed E-state index contributed by atoms with van der Waals surface area (Å²) in [6.45, 7) is 1.33. The van der Waals surface area contributed by atoms with Gasteiger partial charge in [0.1, 0.15) is 0 Å². The van der Waals surface area contributed by atoms with Crippen LogP contribution in [0.2, 0.25) is 15.1 Å². The molecule has 0 aliphatic carbocycles. The fourth-order valence-corrected chi connectivity index (χ4v) is 5.00. The van der Waals surface area contributed by atoms with Gasteiger partial charge in [0.25, 0.3) is 5.91 Å². The largest absolute Gasteiger partial charge is 0.478 e. The van der Waals surface area contributed by atoms with Gasteiger partial charge in [-0.3, -0.25) is 4.79 Å². The molecule has 0 radical (unpaired) electrons. The number of hydrogen-bond acceptors (Lipinski definition) is 3. The van der Waals surface area contributed by atoms with Gasteiger partial charge in [-0.15, -0.1) is 0 Å². The first kappa shape index (κ1) is 23.2. The number of halogens is 4. The number of carbonyl (C=O) groups excluding carboxylic acids is 1. The fraction of sp³-hybridized carbons (Fsp3) is 0.208. The second-order valence-corrected chi connectivity index (χ2v) is 9.77. The average molecular weight is 511 g/mol. The smallest absolute Gasteiger partial charge is 0.254 e. The van der Waals surface area contributed by atoms with Gasteiger partial charge in [0.15, 0.2) is 17.7 Å². The Labute approximate surface area is 205 Å². The van der Waals surface area contributed by atoms with Crippen molar-refractivity contribution in [1.29, 1.82) is 0 Å². The van der Waals surface area contributed by atoms with Crippen LogP contribution in [0.5, 0.6) is 5.75 Å². The van der Waals surface area contributed by atoms with Crippen molar-refractivity contribution < 1.29 is 13.9 Å². The van der Waals surface area contributed by atoms with E-state index in [0.717, 1.165) is 17.1 Å². The maximum Gasteiger partial charge on any atom is 0.254 e. The first-order valence-corrected chi connectivity index (χ1v) is 12.2. The van der Waals surface area contributed by atoms with E-state index in [9.17, 15) is 4.79 Å². The Morgan fingerprint density at radius 1 is 0.938 bits per heavy atom. The molecule has 1 aliphatic rings. The molecule has 0 bridgehead atoms. The van der Waals surface area contributed by atoms with Gasteiger partial charge in [0.05, 0.1) is 0 Å². The van der Waals surface area contributed by atoms with Gasteiger partial charge in [-0.2, -0.15) is 11.8 Å². The van der Waals surface area contributed by atoms with E-state index in [1.165, 1.54) is 12.1 Å². The maximum atomic E-state index is 15.0. The van der Waals surface area contributed by atoms with Crippen LogP contribution >= 0.6 is 46.6 Å². The van der Waals surface area contributed by atoms with E-state index in [-0.39, 0.29) is 11.7 Å². The van der Waals surface area contributed by atoms with E-state index < -0.39 is 11.9 Å². The van der Waals surface area contributed by atoms with Crippen molar-refractivity contribution in [3.63, 3.8) is 0 Å². The molecule has 3 nitrogen and oxygen atoms in total. The minimum Gasteiger partial charge on any atom is -0.478 e. The Balaban J connectivity index is 1.64. The molecule has 0 aromatic heterocycles. The van der Waals surface area contributed by atoms with Crippen LogP contribution in [0, 0.1) is 5.82 Å². The van der Waals surface area contributed by atoms with Crippen LogP contribution < -0.4 is 4.74 Å². The monoisotopic (exact) mass is 509 g/mol. The molecular formula is C24H19Cl3FNO2S. The number of amides is 1. The van der Waals surface area contributed by atoms with Gasteiger partial charge in [0, 0.05) is 50.8 Å². The predicted octanol–water partition coefficient (Wildman–Crippen LogP) is 7.14. The van der Waals surface area contributed by atoms with Gasteiger partial charge in [-0.1, -0.05) is 53.0 Å². The van der Waals surface area contributed by atoms with Gasteiger partial charge in [-0.05, 0) is 48.0 Å². The topological polar surface area (TPSA) is 29.5 Å². The number of thioether (sulfide) groups is 1. The third kappa shape index (κ3) is 5.34. The Bertz CT molecular complexity index is 1120. The summed E-state index contributed by atoms with van der Waals surface area (Å²) in [5.74, 6) is 0.999. The molecule has 1 atom stereocenters. The van der Waals surface area contributed by atoms with Gasteiger partial charge < -0.3 is 9.64 Å². The molecule has 8 heteroatoms. The SMILES string of the molecule is O=C(c1ccc(OC(c2ccc(Cl)cc2)c2ccc(Cl)cc2Cl)c(F)c1)N1CCSCC1. The molecule has 3 aromatic rings. The molecule has 4 rings (SSSR count). The van der Waals surface area contributed by atoms with Crippen LogP contribution in [-0.4, -0.2) is 35.4 Å². The summed E-state index contributed by atoms with van der Waals surface area (Å²) in [7, 11) is 0. The summed E-state index contributed by atoms with van der Waals surface area (Å²) >= 11 is 20.3. The number of rotatable bonds is 5. The van der Waals surface area contributed by atoms with Crippen LogP contribution in [0.1, 0.15) is 27.6 Å². The summed E-state index contributed by atoms with van der Waals surface area (Å²) in [4.78, 5) is 14.4. The molecule has 0 N–H and O–H groups in total. The van der Waals surface area contributed by atoms with Crippen LogP contribution in [0.3, 0.4) is 0 Å². The van der Waals surface area contributed by atoms with E-state index >= 15 is 4.39 Å². The number of nitrogens with zero attached hydrogens (tertiary/aromatic N) is 1. The van der Waals surface area contributed by atoms with Gasteiger partial charge in [-0.25, -0.2) is 4.39 Å². The van der Waals surface area contributed by atoms with Crippen LogP contribution in [-0.2, 0) is 0 Å². The van der Waals surface area contributed by atoms with E-state index in [0.29, 0.717) is 39.3 Å². The zero-order valence-electron chi connectivity index (χ0n) is 16.9. The van der Waals surface area contributed by atoms with Crippen LogP contribution in [0.25, 0.3) is 0 Å². The highest BCUT2D eigenvalue weighted by Crippen LogP contribution is 2.35. The molecule has 32 heavy (non-hydrogen) atoms. The molecule has 3 aromatic carbocycles. The summed E-state index contributed by atoms with van der Waals surface area (Å²) in [6, 6.07) is 16.4. The first-order chi connectivity index (χ1) is 15.4. The summed E-state index contributed by atoms with van der Waals surface area (Å²) in [5.41, 5.74) is 1.67. The number of hydrogen-bond donors (Lipinski definition) is 0. The zero-order valence-corrected chi connectivity index (χ0v) is 19.9. The fourth-order valence-electron chi connectivity index (χ4n) is 3.47. The first-order valence-electron chi connectivity index (χ1n) is 9.96. The Kier molecular flexibility index (Phi) is 7.51. The Hall–Kier alpha value is -1.92. The summed E-state index contributed by atoms with van der Waals surface area (Å²) < 4.78 is 21.1. The third-order valence-corrected chi connectivity index (χ3v) is 6.90. The van der Waals surface area contributed by atoms with E-state index in [2.05, 4.69) is 0 Å². The molecule has 1 unspecified atom stereocenters. The quantitative estimate of drug-likeness (QED) is 0.365. The second-order valence-electron chi connectivity index (χ2n) is 7.27. The van der Waals surface area contributed by atoms with Gasteiger partial charge in [0.2, 0.25) is 0 Å². The molecule has 1 aliphatic heterocycles. The predicted molar refractivity (Wildman–Crippen MR) is 130 cm³/mol. The molecule has 0 spiro atoms. The Morgan fingerprint density at radius 2 is 1.62 bits per heavy atom. The molecule has 0 saturated carbocycles. The number of benzene rings is 3. The summed E-state index contributed by atoms with van der Waals surface area (Å²) in [6.07, 6.45) is -0.702. The highest BCUT2D eigenvalue weighted by molar-refractivity contribution is 7.99. The molecule has 1 saturated heterocycles. The minimum atomic E-state index is -0.702. The highest BCUT2D eigenvalue weighted by atomic mass is 35.5. The Morgan fingerprint density at radius 3 is 2.28 bits per heavy atom. The summed E-state index contributed by atoms with van der Waals surface area (Å²) in [5, 5.41) is 1.45. The van der Waals surface area contributed by atoms with Crippen molar-refractivity contribution in [2.24, 2.45) is 0 Å². The average Bonchev–Trinajstić information content (AvgIpc) is 2.79. The number of carbonyl (C=O) groups is 1. The lowest BCUT2D eigenvalue weighted by molar-refractivity contribution is 0.0771. The third-order valence-electron chi connectivity index (χ3n) is 5.14. The molecule has 166 valence electrons. The lowest BCUT2D eigenvalue weighted by atomic mass is 10.0. The van der Waals surface area contributed by atoms with Crippen molar-refractivity contribution in [3.8, 4) is 5.75 Å². The minimum absolute atomic E-state index is 0.0155.